The maximum Gasteiger partial charge on any atom is 0.409 e. The molecule has 39 heavy (non-hydrogen) atoms. The van der Waals surface area contributed by atoms with Crippen LogP contribution in [-0.2, 0) is 21.3 Å². The van der Waals surface area contributed by atoms with E-state index in [9.17, 15) is 23.3 Å². The standard InChI is InChI=1S/C26H33N7O5S/c1-25(2,3)33-16-17-15-18(5-6-20(17)39(33,36)37)30-22(28)21-19(7-12-29-23(21)34)31-26(8-11-27)9-13-32(14-10-26)24(35)38-4/h5-7,12,15H,8-10,13-14,16H2,1-4H3,(H2,28,30)(H2,29,31,34)/p+1. The number of pyridine rings is 1. The van der Waals surface area contributed by atoms with Crippen LogP contribution in [0.15, 0.2) is 40.2 Å². The summed E-state index contributed by atoms with van der Waals surface area (Å²) < 4.78 is 32.2. The lowest BCUT2D eigenvalue weighted by Crippen LogP contribution is -2.70. The van der Waals surface area contributed by atoms with Crippen LogP contribution in [0, 0.1) is 11.3 Å². The van der Waals surface area contributed by atoms with Crippen molar-refractivity contribution in [2.24, 2.45) is 5.73 Å². The first-order valence-corrected chi connectivity index (χ1v) is 14.0. The number of nitrogens with one attached hydrogen (secondary N) is 3. The van der Waals surface area contributed by atoms with Gasteiger partial charge in [0.15, 0.2) is 5.56 Å². The van der Waals surface area contributed by atoms with Crippen LogP contribution in [0.25, 0.3) is 0 Å². The molecule has 1 saturated heterocycles. The van der Waals surface area contributed by atoms with E-state index in [4.69, 9.17) is 10.5 Å². The van der Waals surface area contributed by atoms with Crippen LogP contribution in [0.3, 0.4) is 0 Å². The Morgan fingerprint density at radius 3 is 2.59 bits per heavy atom. The smallest absolute Gasteiger partial charge is 0.409 e. The fourth-order valence-electron chi connectivity index (χ4n) is 5.09. The lowest BCUT2D eigenvalue weighted by atomic mass is 9.84. The molecule has 2 aliphatic rings. The number of fused-ring (bicyclic) bond motifs is 1. The highest BCUT2D eigenvalue weighted by Gasteiger charge is 2.41. The fourth-order valence-corrected chi connectivity index (χ4v) is 7.05. The van der Waals surface area contributed by atoms with Gasteiger partial charge in [-0.3, -0.25) is 10.5 Å². The van der Waals surface area contributed by atoms with Crippen molar-refractivity contribution in [2.45, 2.75) is 62.6 Å². The van der Waals surface area contributed by atoms with E-state index >= 15 is 0 Å². The summed E-state index contributed by atoms with van der Waals surface area (Å²) in [6.45, 7) is 6.54. The van der Waals surface area contributed by atoms with Crippen molar-refractivity contribution in [1.29, 1.82) is 5.26 Å². The largest absolute Gasteiger partial charge is 0.453 e. The highest BCUT2D eigenvalue weighted by molar-refractivity contribution is 7.89. The summed E-state index contributed by atoms with van der Waals surface area (Å²) in [5.74, 6) is 0.0620. The number of aromatic nitrogens is 1. The summed E-state index contributed by atoms with van der Waals surface area (Å²) >= 11 is 0. The van der Waals surface area contributed by atoms with E-state index in [-0.39, 0.29) is 29.3 Å². The number of anilines is 1. The van der Waals surface area contributed by atoms with Crippen molar-refractivity contribution in [3.8, 4) is 6.07 Å². The van der Waals surface area contributed by atoms with Crippen LogP contribution in [0.1, 0.15) is 51.2 Å². The van der Waals surface area contributed by atoms with Crippen LogP contribution in [0.2, 0.25) is 0 Å². The predicted molar refractivity (Wildman–Crippen MR) is 145 cm³/mol. The molecule has 1 aromatic carbocycles. The number of methoxy groups -OCH3 is 1. The minimum atomic E-state index is -3.61. The molecule has 3 heterocycles. The first-order chi connectivity index (χ1) is 18.3. The fraction of sp³-hybridized carbons (Fsp3) is 0.462. The number of likely N-dealkylation sites (tertiary alicyclic amines) is 1. The van der Waals surface area contributed by atoms with E-state index in [1.807, 2.05) is 20.8 Å². The van der Waals surface area contributed by atoms with Crippen LogP contribution in [0.4, 0.5) is 16.2 Å². The van der Waals surface area contributed by atoms with Crippen LogP contribution in [0.5, 0.6) is 0 Å². The zero-order chi connectivity index (χ0) is 28.6. The minimum Gasteiger partial charge on any atom is -0.453 e. The quantitative estimate of drug-likeness (QED) is 0.308. The average Bonchev–Trinajstić information content (AvgIpc) is 3.14. The van der Waals surface area contributed by atoms with E-state index in [1.165, 1.54) is 23.7 Å². The third kappa shape index (κ3) is 5.48. The van der Waals surface area contributed by atoms with Crippen molar-refractivity contribution < 1.29 is 22.9 Å². The number of ether oxygens (including phenoxy) is 1. The summed E-state index contributed by atoms with van der Waals surface area (Å²) in [6.07, 6.45) is 2.17. The predicted octanol–water partition coefficient (Wildman–Crippen LogP) is 0.722. The van der Waals surface area contributed by atoms with Crippen molar-refractivity contribution in [2.75, 3.05) is 25.5 Å². The van der Waals surface area contributed by atoms with Crippen molar-refractivity contribution in [1.82, 2.24) is 14.2 Å². The average molecular weight is 557 g/mol. The van der Waals surface area contributed by atoms with E-state index < -0.39 is 32.8 Å². The van der Waals surface area contributed by atoms with Gasteiger partial charge in [-0.15, -0.1) is 0 Å². The van der Waals surface area contributed by atoms with Gasteiger partial charge in [0.05, 0.1) is 35.7 Å². The number of amidine groups is 1. The zero-order valence-corrected chi connectivity index (χ0v) is 23.3. The number of H-pyrrole nitrogens is 1. The third-order valence-corrected chi connectivity index (χ3v) is 9.38. The molecule has 0 unspecified atom stereocenters. The Bertz CT molecular complexity index is 1510. The van der Waals surface area contributed by atoms with Gasteiger partial charge in [0, 0.05) is 31.4 Å². The van der Waals surface area contributed by atoms with Crippen molar-refractivity contribution in [3.05, 3.63) is 51.9 Å². The molecule has 0 aliphatic carbocycles. The number of benzene rings is 1. The number of amides is 1. The van der Waals surface area contributed by atoms with Gasteiger partial charge in [0.25, 0.3) is 11.4 Å². The topological polar surface area (TPSA) is 176 Å². The second-order valence-electron chi connectivity index (χ2n) is 10.8. The maximum atomic E-state index is 13.0. The Balaban J connectivity index is 1.65. The Labute approximate surface area is 227 Å². The summed E-state index contributed by atoms with van der Waals surface area (Å²) in [6, 6.07) is 8.76. The first kappa shape index (κ1) is 28.1. The number of nitrogens with zero attached hydrogens (tertiary/aromatic N) is 3. The van der Waals surface area contributed by atoms with Gasteiger partial charge in [-0.2, -0.15) is 9.57 Å². The molecule has 0 saturated carbocycles. The number of nitrogen functional groups attached to an aromatic ring is 1. The van der Waals surface area contributed by atoms with Crippen molar-refractivity contribution in [3.63, 3.8) is 0 Å². The second kappa shape index (κ2) is 10.3. The highest BCUT2D eigenvalue weighted by Crippen LogP contribution is 2.36. The van der Waals surface area contributed by atoms with Crippen LogP contribution < -0.4 is 21.6 Å². The van der Waals surface area contributed by atoms with Crippen molar-refractivity contribution >= 4 is 33.3 Å². The normalized spacial score (nSPS) is 18.7. The lowest BCUT2D eigenvalue weighted by Gasteiger charge is -2.41. The van der Waals surface area contributed by atoms with Gasteiger partial charge in [-0.05, 0) is 63.4 Å². The Morgan fingerprint density at radius 2 is 1.97 bits per heavy atom. The Kier molecular flexibility index (Phi) is 7.46. The molecule has 0 atom stereocenters. The molecular weight excluding hydrogens is 522 g/mol. The molecule has 13 heteroatoms. The zero-order valence-electron chi connectivity index (χ0n) is 22.5. The number of hydrogen-bond acceptors (Lipinski definition) is 7. The van der Waals surface area contributed by atoms with Gasteiger partial charge in [-0.1, -0.05) is 0 Å². The maximum absolute atomic E-state index is 13.0. The minimum absolute atomic E-state index is 0.0620. The first-order valence-electron chi connectivity index (χ1n) is 12.6. The summed E-state index contributed by atoms with van der Waals surface area (Å²) in [4.78, 5) is 32.4. The monoisotopic (exact) mass is 556 g/mol. The molecule has 2 aromatic rings. The highest BCUT2D eigenvalue weighted by atomic mass is 32.2. The molecule has 0 spiro atoms. The van der Waals surface area contributed by atoms with Gasteiger partial charge in [0.2, 0.25) is 10.0 Å². The van der Waals surface area contributed by atoms with E-state index in [0.717, 1.165) is 0 Å². The number of sulfonamides is 1. The van der Waals surface area contributed by atoms with Gasteiger partial charge in [0.1, 0.15) is 5.69 Å². The molecule has 1 amide bonds. The number of carbonyl (C=O) groups is 1. The third-order valence-electron chi connectivity index (χ3n) is 7.17. The number of piperidine rings is 1. The number of carbonyl (C=O) groups excluding carboxylic acids is 1. The molecular formula is C26H34N7O5S+. The summed E-state index contributed by atoms with van der Waals surface area (Å²) in [5, 5.41) is 12.9. The summed E-state index contributed by atoms with van der Waals surface area (Å²) in [7, 11) is -2.29. The van der Waals surface area contributed by atoms with Gasteiger partial charge in [-0.25, -0.2) is 18.2 Å². The molecule has 1 fully saturated rings. The van der Waals surface area contributed by atoms with E-state index in [2.05, 4.69) is 21.4 Å². The molecule has 0 radical (unpaired) electrons. The number of nitriles is 1. The number of aromatic amines is 1. The molecule has 1 aromatic heterocycles. The van der Waals surface area contributed by atoms with E-state index in [0.29, 0.717) is 42.9 Å². The molecule has 5 N–H and O–H groups in total. The Hall–Kier alpha value is -3.89. The van der Waals surface area contributed by atoms with Crippen LogP contribution in [-0.4, -0.2) is 65.8 Å². The second-order valence-corrected chi connectivity index (χ2v) is 12.7. The molecule has 12 nitrogen and oxygen atoms in total. The van der Waals surface area contributed by atoms with Crippen LogP contribution >= 0.6 is 0 Å². The Morgan fingerprint density at radius 1 is 1.28 bits per heavy atom. The number of rotatable bonds is 5. The number of hydrogen-bond donors (Lipinski definition) is 4. The van der Waals surface area contributed by atoms with Gasteiger partial charge >= 0.3 is 6.09 Å². The summed E-state index contributed by atoms with van der Waals surface area (Å²) in [5.41, 5.74) is 6.47. The molecule has 2 aliphatic heterocycles. The molecule has 208 valence electrons. The molecule has 4 rings (SSSR count). The SMILES string of the molecule is COC(=O)N1CCC(CC#N)(Nc2cc[nH]c(=O)c2C(N)=[NH+]c2ccc3c(c2)CN(C(C)(C)C)S3(=O)=O)CC1. The van der Waals surface area contributed by atoms with Gasteiger partial charge < -0.3 is 19.9 Å². The lowest BCUT2D eigenvalue weighted by molar-refractivity contribution is -0.354. The number of nitrogens with two attached hydrogens (primary N) is 1. The molecule has 0 bridgehead atoms. The van der Waals surface area contributed by atoms with E-state index in [1.54, 1.807) is 23.1 Å².